The van der Waals surface area contributed by atoms with Gasteiger partial charge in [-0.3, -0.25) is 9.48 Å². The summed E-state index contributed by atoms with van der Waals surface area (Å²) in [5.41, 5.74) is 1.42. The number of rotatable bonds is 6. The van der Waals surface area contributed by atoms with Gasteiger partial charge in [0.1, 0.15) is 23.9 Å². The van der Waals surface area contributed by atoms with Crippen LogP contribution >= 0.6 is 15.9 Å². The van der Waals surface area contributed by atoms with Crippen molar-refractivity contribution in [3.05, 3.63) is 75.9 Å². The van der Waals surface area contributed by atoms with Gasteiger partial charge in [0.25, 0.3) is 0 Å². The molecule has 0 amide bonds. The Balaban J connectivity index is 1.60. The molecule has 0 unspecified atom stereocenters. The summed E-state index contributed by atoms with van der Waals surface area (Å²) in [6, 6.07) is 11.2. The van der Waals surface area contributed by atoms with Crippen LogP contribution in [0.3, 0.4) is 0 Å². The maximum atomic E-state index is 12.2. The third-order valence-corrected chi connectivity index (χ3v) is 4.31. The maximum Gasteiger partial charge on any atom is 0.189 e. The molecule has 6 heteroatoms. The highest BCUT2D eigenvalue weighted by Gasteiger charge is 2.10. The highest BCUT2D eigenvalue weighted by molar-refractivity contribution is 9.10. The summed E-state index contributed by atoms with van der Waals surface area (Å²) in [4.78, 5) is 12.2. The van der Waals surface area contributed by atoms with E-state index in [9.17, 15) is 4.79 Å². The second-order valence-electron chi connectivity index (χ2n) is 5.51. The molecule has 2 heterocycles. The van der Waals surface area contributed by atoms with E-state index in [1.54, 1.807) is 30.1 Å². The minimum Gasteiger partial charge on any atom is -0.486 e. The fourth-order valence-corrected chi connectivity index (χ4v) is 2.50. The second kappa shape index (κ2) is 7.53. The van der Waals surface area contributed by atoms with Crippen LogP contribution in [0.2, 0.25) is 0 Å². The first-order chi connectivity index (χ1) is 12.0. The molecule has 2 aromatic heterocycles. The van der Waals surface area contributed by atoms with E-state index in [0.29, 0.717) is 23.7 Å². The highest BCUT2D eigenvalue weighted by atomic mass is 79.9. The van der Waals surface area contributed by atoms with Gasteiger partial charge in [-0.05, 0) is 55.5 Å². The average molecular weight is 401 g/mol. The maximum absolute atomic E-state index is 12.2. The third-order valence-electron chi connectivity index (χ3n) is 3.78. The number of carbonyl (C=O) groups excluding carboxylic acids is 1. The topological polar surface area (TPSA) is 57.3 Å². The summed E-state index contributed by atoms with van der Waals surface area (Å²) in [6.07, 6.45) is 4.71. The van der Waals surface area contributed by atoms with Crippen molar-refractivity contribution in [2.75, 3.05) is 0 Å². The van der Waals surface area contributed by atoms with E-state index in [1.165, 1.54) is 6.08 Å². The summed E-state index contributed by atoms with van der Waals surface area (Å²) in [5.74, 6) is 1.95. The van der Waals surface area contributed by atoms with Crippen molar-refractivity contribution in [3.63, 3.8) is 0 Å². The molecule has 0 bridgehead atoms. The van der Waals surface area contributed by atoms with E-state index in [0.717, 1.165) is 15.9 Å². The van der Waals surface area contributed by atoms with Crippen molar-refractivity contribution in [2.45, 2.75) is 13.5 Å². The van der Waals surface area contributed by atoms with Gasteiger partial charge in [-0.25, -0.2) is 0 Å². The first kappa shape index (κ1) is 17.2. The predicted octanol–water partition coefficient (Wildman–Crippen LogP) is 4.56. The van der Waals surface area contributed by atoms with Crippen LogP contribution in [0.4, 0.5) is 0 Å². The van der Waals surface area contributed by atoms with Gasteiger partial charge < -0.3 is 9.15 Å². The largest absolute Gasteiger partial charge is 0.486 e. The molecule has 0 aliphatic carbocycles. The molecule has 1 aromatic carbocycles. The third kappa shape index (κ3) is 4.28. The fraction of sp³-hybridized carbons (Fsp3) is 0.158. The summed E-state index contributed by atoms with van der Waals surface area (Å²) in [5, 5.41) is 4.07. The molecule has 0 saturated heterocycles. The summed E-state index contributed by atoms with van der Waals surface area (Å²) in [6.45, 7) is 2.18. The van der Waals surface area contributed by atoms with E-state index < -0.39 is 0 Å². The van der Waals surface area contributed by atoms with Gasteiger partial charge in [0.15, 0.2) is 5.78 Å². The van der Waals surface area contributed by atoms with E-state index in [1.807, 2.05) is 37.3 Å². The first-order valence-corrected chi connectivity index (χ1v) is 8.50. The van der Waals surface area contributed by atoms with Crippen LogP contribution < -0.4 is 4.74 Å². The van der Waals surface area contributed by atoms with Gasteiger partial charge in [0.05, 0.1) is 11.8 Å². The molecule has 0 atom stereocenters. The number of aromatic nitrogens is 2. The second-order valence-corrected chi connectivity index (χ2v) is 6.43. The lowest BCUT2D eigenvalue weighted by Crippen LogP contribution is -1.98. The van der Waals surface area contributed by atoms with Crippen LogP contribution in [0.25, 0.3) is 6.08 Å². The van der Waals surface area contributed by atoms with Crippen molar-refractivity contribution in [3.8, 4) is 5.75 Å². The van der Waals surface area contributed by atoms with Gasteiger partial charge in [-0.2, -0.15) is 5.10 Å². The van der Waals surface area contributed by atoms with E-state index in [-0.39, 0.29) is 5.78 Å². The van der Waals surface area contributed by atoms with Crippen molar-refractivity contribution < 1.29 is 13.9 Å². The number of allylic oxidation sites excluding steroid dienone is 1. The van der Waals surface area contributed by atoms with Crippen LogP contribution in [0, 0.1) is 6.92 Å². The van der Waals surface area contributed by atoms with E-state index in [2.05, 4.69) is 21.0 Å². The highest BCUT2D eigenvalue weighted by Crippen LogP contribution is 2.18. The van der Waals surface area contributed by atoms with Gasteiger partial charge in [-0.1, -0.05) is 15.9 Å². The number of nitrogens with zero attached hydrogens (tertiary/aromatic N) is 2. The Morgan fingerprint density at radius 1 is 1.28 bits per heavy atom. The van der Waals surface area contributed by atoms with Crippen LogP contribution in [0.5, 0.6) is 5.75 Å². The minimum atomic E-state index is -0.102. The smallest absolute Gasteiger partial charge is 0.189 e. The molecule has 128 valence electrons. The summed E-state index contributed by atoms with van der Waals surface area (Å²) in [7, 11) is 1.81. The Hall–Kier alpha value is -2.60. The number of aryl methyl sites for hydroxylation is 1. The van der Waals surface area contributed by atoms with Crippen LogP contribution in [0.1, 0.15) is 27.6 Å². The molecule has 3 rings (SSSR count). The molecule has 3 aromatic rings. The minimum absolute atomic E-state index is 0.102. The lowest BCUT2D eigenvalue weighted by atomic mass is 10.1. The molecule has 0 spiro atoms. The zero-order valence-corrected chi connectivity index (χ0v) is 15.5. The number of benzene rings is 1. The number of carbonyl (C=O) groups is 1. The average Bonchev–Trinajstić information content (AvgIpc) is 3.20. The van der Waals surface area contributed by atoms with Crippen molar-refractivity contribution in [1.82, 2.24) is 9.78 Å². The first-order valence-electron chi connectivity index (χ1n) is 7.71. The SMILES string of the molecule is Cc1c(C(=O)/C=C/c2ccc(COc3ccc(Br)cc3)o2)cnn1C. The summed E-state index contributed by atoms with van der Waals surface area (Å²) >= 11 is 3.38. The normalized spacial score (nSPS) is 11.2. The van der Waals surface area contributed by atoms with Gasteiger partial charge in [0, 0.05) is 17.2 Å². The molecule has 0 fully saturated rings. The molecule has 0 radical (unpaired) electrons. The van der Waals surface area contributed by atoms with Gasteiger partial charge in [-0.15, -0.1) is 0 Å². The lowest BCUT2D eigenvalue weighted by molar-refractivity contribution is 0.104. The standard InChI is InChI=1S/C19H17BrN2O3/c1-13-18(11-21-22(13)2)19(23)10-9-16-7-8-17(25-16)12-24-15-5-3-14(20)4-6-15/h3-11H,12H2,1-2H3/b10-9+. The number of furan rings is 1. The number of hydrogen-bond donors (Lipinski definition) is 0. The van der Waals surface area contributed by atoms with E-state index in [4.69, 9.17) is 9.15 Å². The van der Waals surface area contributed by atoms with E-state index >= 15 is 0 Å². The Labute approximate surface area is 154 Å². The Kier molecular flexibility index (Phi) is 5.19. The van der Waals surface area contributed by atoms with Gasteiger partial charge >= 0.3 is 0 Å². The number of ether oxygens (including phenoxy) is 1. The number of halogens is 1. The molecular formula is C19H17BrN2O3. The van der Waals surface area contributed by atoms with Gasteiger partial charge in [0.2, 0.25) is 0 Å². The molecule has 0 aliphatic heterocycles. The quantitative estimate of drug-likeness (QED) is 0.449. The Morgan fingerprint density at radius 2 is 2.04 bits per heavy atom. The zero-order chi connectivity index (χ0) is 17.8. The molecule has 5 nitrogen and oxygen atoms in total. The molecular weight excluding hydrogens is 384 g/mol. The van der Waals surface area contributed by atoms with Crippen molar-refractivity contribution in [1.29, 1.82) is 0 Å². The fourth-order valence-electron chi connectivity index (χ4n) is 2.24. The number of hydrogen-bond acceptors (Lipinski definition) is 4. The Morgan fingerprint density at radius 3 is 2.72 bits per heavy atom. The van der Waals surface area contributed by atoms with Crippen molar-refractivity contribution >= 4 is 27.8 Å². The Bertz CT molecular complexity index is 907. The lowest BCUT2D eigenvalue weighted by Gasteiger charge is -2.03. The number of ketones is 1. The molecule has 25 heavy (non-hydrogen) atoms. The molecule has 0 N–H and O–H groups in total. The zero-order valence-electron chi connectivity index (χ0n) is 13.9. The van der Waals surface area contributed by atoms with Crippen LogP contribution in [0.15, 0.2) is 57.6 Å². The molecule has 0 aliphatic rings. The van der Waals surface area contributed by atoms with Crippen LogP contribution in [-0.4, -0.2) is 15.6 Å². The summed E-state index contributed by atoms with van der Waals surface area (Å²) < 4.78 is 14.0. The predicted molar refractivity (Wildman–Crippen MR) is 98.5 cm³/mol. The van der Waals surface area contributed by atoms with Crippen LogP contribution in [-0.2, 0) is 13.7 Å². The monoisotopic (exact) mass is 400 g/mol. The molecule has 0 saturated carbocycles. The van der Waals surface area contributed by atoms with Crippen molar-refractivity contribution in [2.24, 2.45) is 7.05 Å².